The van der Waals surface area contributed by atoms with Crippen molar-refractivity contribution in [1.29, 1.82) is 0 Å². The molecule has 20 heavy (non-hydrogen) atoms. The predicted octanol–water partition coefficient (Wildman–Crippen LogP) is 4.17. The zero-order valence-corrected chi connectivity index (χ0v) is 12.5. The van der Waals surface area contributed by atoms with E-state index < -0.39 is 0 Å². The predicted molar refractivity (Wildman–Crippen MR) is 87.6 cm³/mol. The van der Waals surface area contributed by atoms with Crippen LogP contribution in [0.5, 0.6) is 0 Å². The molecular formula is C18H22N2. The van der Waals surface area contributed by atoms with Crippen molar-refractivity contribution in [3.8, 4) is 11.1 Å². The number of rotatable bonds is 2. The summed E-state index contributed by atoms with van der Waals surface area (Å²) >= 11 is 0. The van der Waals surface area contributed by atoms with Gasteiger partial charge in [0.15, 0.2) is 0 Å². The molecule has 1 aliphatic rings. The third kappa shape index (κ3) is 2.51. The molecule has 1 atom stereocenters. The van der Waals surface area contributed by atoms with Crippen LogP contribution in [-0.4, -0.2) is 20.1 Å². The maximum atomic E-state index is 3.56. The van der Waals surface area contributed by atoms with Crippen LogP contribution < -0.4 is 10.2 Å². The fourth-order valence-corrected chi connectivity index (χ4v) is 2.78. The maximum Gasteiger partial charge on any atom is 0.0375 e. The lowest BCUT2D eigenvalue weighted by molar-refractivity contribution is 0.681. The van der Waals surface area contributed by atoms with E-state index in [2.05, 4.69) is 73.7 Å². The molecule has 1 aliphatic heterocycles. The van der Waals surface area contributed by atoms with Crippen molar-refractivity contribution in [2.45, 2.75) is 25.8 Å². The molecule has 2 aromatic rings. The van der Waals surface area contributed by atoms with E-state index >= 15 is 0 Å². The van der Waals surface area contributed by atoms with Crippen molar-refractivity contribution in [2.75, 3.05) is 24.3 Å². The second-order valence-corrected chi connectivity index (χ2v) is 5.90. The van der Waals surface area contributed by atoms with Gasteiger partial charge in [-0.25, -0.2) is 0 Å². The van der Waals surface area contributed by atoms with E-state index in [0.717, 1.165) is 0 Å². The fourth-order valence-electron chi connectivity index (χ4n) is 2.78. The Labute approximate surface area is 121 Å². The van der Waals surface area contributed by atoms with Crippen LogP contribution in [0.1, 0.15) is 18.9 Å². The first-order valence-corrected chi connectivity index (χ1v) is 7.31. The minimum absolute atomic E-state index is 0.590. The van der Waals surface area contributed by atoms with Crippen LogP contribution in [0.25, 0.3) is 11.1 Å². The summed E-state index contributed by atoms with van der Waals surface area (Å²) in [6.07, 6.45) is 2.39. The standard InChI is InChI=1S/C18H22N2/c1-13-4-5-16-12-15(8-11-18(16)19-13)14-6-9-17(10-7-14)20(2)3/h6-13,19H,4-5H2,1-3H3. The summed E-state index contributed by atoms with van der Waals surface area (Å²) < 4.78 is 0. The van der Waals surface area contributed by atoms with Gasteiger partial charge in [-0.05, 0) is 60.7 Å². The quantitative estimate of drug-likeness (QED) is 0.877. The highest BCUT2D eigenvalue weighted by Crippen LogP contribution is 2.30. The van der Waals surface area contributed by atoms with E-state index in [4.69, 9.17) is 0 Å². The summed E-state index contributed by atoms with van der Waals surface area (Å²) in [6.45, 7) is 2.25. The van der Waals surface area contributed by atoms with E-state index in [9.17, 15) is 0 Å². The topological polar surface area (TPSA) is 15.3 Å². The summed E-state index contributed by atoms with van der Waals surface area (Å²) in [5.41, 5.74) is 6.58. The van der Waals surface area contributed by atoms with Gasteiger partial charge in [0, 0.05) is 31.5 Å². The number of benzene rings is 2. The number of anilines is 2. The van der Waals surface area contributed by atoms with Crippen LogP contribution in [0, 0.1) is 0 Å². The van der Waals surface area contributed by atoms with Crippen LogP contribution in [0.3, 0.4) is 0 Å². The molecular weight excluding hydrogens is 244 g/mol. The number of fused-ring (bicyclic) bond motifs is 1. The molecule has 1 heterocycles. The van der Waals surface area contributed by atoms with Gasteiger partial charge in [-0.1, -0.05) is 18.2 Å². The number of aryl methyl sites for hydroxylation is 1. The van der Waals surface area contributed by atoms with Gasteiger partial charge in [0.05, 0.1) is 0 Å². The van der Waals surface area contributed by atoms with Crippen LogP contribution in [-0.2, 0) is 6.42 Å². The molecule has 0 saturated carbocycles. The van der Waals surface area contributed by atoms with Crippen molar-refractivity contribution in [1.82, 2.24) is 0 Å². The molecule has 3 rings (SSSR count). The molecule has 1 unspecified atom stereocenters. The second kappa shape index (κ2) is 5.20. The van der Waals surface area contributed by atoms with Crippen molar-refractivity contribution in [3.63, 3.8) is 0 Å². The lowest BCUT2D eigenvalue weighted by atomic mass is 9.95. The number of hydrogen-bond acceptors (Lipinski definition) is 2. The van der Waals surface area contributed by atoms with Gasteiger partial charge in [-0.2, -0.15) is 0 Å². The first-order valence-electron chi connectivity index (χ1n) is 7.31. The lowest BCUT2D eigenvalue weighted by Crippen LogP contribution is -2.21. The molecule has 0 aliphatic carbocycles. The zero-order valence-electron chi connectivity index (χ0n) is 12.5. The van der Waals surface area contributed by atoms with Crippen molar-refractivity contribution < 1.29 is 0 Å². The van der Waals surface area contributed by atoms with Crippen LogP contribution >= 0.6 is 0 Å². The van der Waals surface area contributed by atoms with E-state index in [-0.39, 0.29) is 0 Å². The summed E-state index contributed by atoms with van der Waals surface area (Å²) in [6, 6.07) is 16.1. The van der Waals surface area contributed by atoms with E-state index in [1.54, 1.807) is 0 Å². The Balaban J connectivity index is 1.91. The summed E-state index contributed by atoms with van der Waals surface area (Å²) in [7, 11) is 4.14. The van der Waals surface area contributed by atoms with Crippen molar-refractivity contribution in [2.24, 2.45) is 0 Å². The first-order chi connectivity index (χ1) is 9.63. The molecule has 2 nitrogen and oxygen atoms in total. The summed E-state index contributed by atoms with van der Waals surface area (Å²) in [5.74, 6) is 0. The normalized spacial score (nSPS) is 17.2. The third-order valence-electron chi connectivity index (χ3n) is 4.07. The van der Waals surface area contributed by atoms with E-state index in [1.807, 2.05) is 0 Å². The number of nitrogens with one attached hydrogen (secondary N) is 1. The monoisotopic (exact) mass is 266 g/mol. The Morgan fingerprint density at radius 2 is 1.70 bits per heavy atom. The summed E-state index contributed by atoms with van der Waals surface area (Å²) in [5, 5.41) is 3.56. The van der Waals surface area contributed by atoms with E-state index in [0.29, 0.717) is 6.04 Å². The van der Waals surface area contributed by atoms with Crippen LogP contribution in [0.15, 0.2) is 42.5 Å². The Kier molecular flexibility index (Phi) is 3.39. The van der Waals surface area contributed by atoms with Gasteiger partial charge < -0.3 is 10.2 Å². The van der Waals surface area contributed by atoms with Gasteiger partial charge >= 0.3 is 0 Å². The molecule has 0 fully saturated rings. The molecule has 2 aromatic carbocycles. The molecule has 2 heteroatoms. The Hall–Kier alpha value is -1.96. The van der Waals surface area contributed by atoms with Gasteiger partial charge in [-0.3, -0.25) is 0 Å². The highest BCUT2D eigenvalue weighted by atomic mass is 15.1. The zero-order chi connectivity index (χ0) is 14.1. The molecule has 1 N–H and O–H groups in total. The Morgan fingerprint density at radius 3 is 2.40 bits per heavy atom. The van der Waals surface area contributed by atoms with Gasteiger partial charge in [0.2, 0.25) is 0 Å². The largest absolute Gasteiger partial charge is 0.382 e. The van der Waals surface area contributed by atoms with Gasteiger partial charge in [0.25, 0.3) is 0 Å². The Bertz CT molecular complexity index is 599. The second-order valence-electron chi connectivity index (χ2n) is 5.90. The van der Waals surface area contributed by atoms with Gasteiger partial charge in [-0.15, -0.1) is 0 Å². The van der Waals surface area contributed by atoms with E-state index in [1.165, 1.54) is 40.9 Å². The van der Waals surface area contributed by atoms with Crippen LogP contribution in [0.4, 0.5) is 11.4 Å². The number of nitrogens with zero attached hydrogens (tertiary/aromatic N) is 1. The average molecular weight is 266 g/mol. The lowest BCUT2D eigenvalue weighted by Gasteiger charge is -2.24. The molecule has 0 radical (unpaired) electrons. The van der Waals surface area contributed by atoms with Crippen molar-refractivity contribution in [3.05, 3.63) is 48.0 Å². The summed E-state index contributed by atoms with van der Waals surface area (Å²) in [4.78, 5) is 2.13. The molecule has 0 saturated heterocycles. The van der Waals surface area contributed by atoms with Crippen molar-refractivity contribution >= 4 is 11.4 Å². The van der Waals surface area contributed by atoms with Gasteiger partial charge in [0.1, 0.15) is 0 Å². The number of hydrogen-bond donors (Lipinski definition) is 1. The molecule has 0 amide bonds. The molecule has 0 spiro atoms. The SMILES string of the molecule is CC1CCc2cc(-c3ccc(N(C)C)cc3)ccc2N1. The molecule has 0 aromatic heterocycles. The molecule has 104 valence electrons. The highest BCUT2D eigenvalue weighted by molar-refractivity contribution is 5.70. The first kappa shape index (κ1) is 13.0. The Morgan fingerprint density at radius 1 is 1.00 bits per heavy atom. The smallest absolute Gasteiger partial charge is 0.0375 e. The molecule has 0 bridgehead atoms. The third-order valence-corrected chi connectivity index (χ3v) is 4.07. The van der Waals surface area contributed by atoms with Crippen LogP contribution in [0.2, 0.25) is 0 Å². The highest BCUT2D eigenvalue weighted by Gasteiger charge is 2.14. The minimum Gasteiger partial charge on any atom is -0.382 e. The average Bonchev–Trinajstić information content (AvgIpc) is 2.47. The maximum absolute atomic E-state index is 3.56. The fraction of sp³-hybridized carbons (Fsp3) is 0.333. The minimum atomic E-state index is 0.590.